The number of aromatic nitrogens is 1. The summed E-state index contributed by atoms with van der Waals surface area (Å²) in [6, 6.07) is 6.26. The molecule has 0 bridgehead atoms. The van der Waals surface area contributed by atoms with Gasteiger partial charge in [0.25, 0.3) is 5.22 Å². The van der Waals surface area contributed by atoms with Gasteiger partial charge < -0.3 is 10.2 Å². The van der Waals surface area contributed by atoms with Gasteiger partial charge in [-0.3, -0.25) is 10.1 Å². The molecule has 3 N–H and O–H groups in total. The third-order valence-electron chi connectivity index (χ3n) is 2.95. The van der Waals surface area contributed by atoms with Crippen molar-refractivity contribution in [1.29, 1.82) is 0 Å². The molecule has 2 aromatic rings. The Morgan fingerprint density at radius 1 is 1.30 bits per heavy atom. The molecule has 122 valence electrons. The van der Waals surface area contributed by atoms with Crippen LogP contribution in [-0.2, 0) is 4.79 Å². The summed E-state index contributed by atoms with van der Waals surface area (Å²) in [4.78, 5) is 27.0. The van der Waals surface area contributed by atoms with Crippen LogP contribution in [0.4, 0.5) is 4.79 Å². The molecule has 0 radical (unpaired) electrons. The number of primary amides is 1. The van der Waals surface area contributed by atoms with E-state index in [9.17, 15) is 9.59 Å². The zero-order chi connectivity index (χ0) is 17.0. The lowest BCUT2D eigenvalue weighted by atomic mass is 10.1. The number of benzene rings is 1. The second kappa shape index (κ2) is 7.52. The lowest BCUT2D eigenvalue weighted by molar-refractivity contribution is -0.120. The van der Waals surface area contributed by atoms with Crippen LogP contribution in [0.5, 0.6) is 0 Å². The van der Waals surface area contributed by atoms with E-state index in [0.717, 1.165) is 17.3 Å². The first kappa shape index (κ1) is 17.4. The predicted octanol–water partition coefficient (Wildman–Crippen LogP) is 3.31. The number of hydrogen-bond acceptors (Lipinski definition) is 5. The number of carbonyl (C=O) groups excluding carboxylic acids is 2. The molecule has 0 unspecified atom stereocenters. The van der Waals surface area contributed by atoms with E-state index < -0.39 is 17.2 Å². The van der Waals surface area contributed by atoms with E-state index >= 15 is 0 Å². The van der Waals surface area contributed by atoms with Gasteiger partial charge in [-0.15, -0.1) is 0 Å². The van der Waals surface area contributed by atoms with Gasteiger partial charge in [0.2, 0.25) is 5.91 Å². The SMILES string of the molecule is CC(C)[C@H](Sc1ncc(-c2ccc(Cl)cc2)o1)C(=O)NC(N)=O. The second-order valence-electron chi connectivity index (χ2n) is 5.13. The van der Waals surface area contributed by atoms with Crippen LogP contribution >= 0.6 is 23.4 Å². The minimum Gasteiger partial charge on any atom is -0.431 e. The molecule has 8 heteroatoms. The number of oxazole rings is 1. The van der Waals surface area contributed by atoms with Crippen molar-refractivity contribution in [3.8, 4) is 11.3 Å². The Hall–Kier alpha value is -1.99. The Morgan fingerprint density at radius 3 is 2.52 bits per heavy atom. The number of nitrogens with two attached hydrogens (primary N) is 1. The lowest BCUT2D eigenvalue weighted by Gasteiger charge is -2.16. The molecule has 0 aliphatic rings. The molecule has 0 aliphatic carbocycles. The van der Waals surface area contributed by atoms with Crippen molar-refractivity contribution in [1.82, 2.24) is 10.3 Å². The molecule has 2 rings (SSSR count). The summed E-state index contributed by atoms with van der Waals surface area (Å²) in [6.07, 6.45) is 1.58. The van der Waals surface area contributed by atoms with Crippen LogP contribution in [0, 0.1) is 5.92 Å². The summed E-state index contributed by atoms with van der Waals surface area (Å²) < 4.78 is 5.66. The van der Waals surface area contributed by atoms with Gasteiger partial charge in [0.05, 0.1) is 11.4 Å². The zero-order valence-corrected chi connectivity index (χ0v) is 14.1. The van der Waals surface area contributed by atoms with Crippen LogP contribution in [0.3, 0.4) is 0 Å². The highest BCUT2D eigenvalue weighted by Gasteiger charge is 2.26. The van der Waals surface area contributed by atoms with Crippen molar-refractivity contribution in [2.45, 2.75) is 24.3 Å². The first-order chi connectivity index (χ1) is 10.9. The molecule has 1 aromatic carbocycles. The Morgan fingerprint density at radius 2 is 1.96 bits per heavy atom. The molecular weight excluding hydrogens is 338 g/mol. The smallest absolute Gasteiger partial charge is 0.318 e. The number of carbonyl (C=O) groups is 2. The fourth-order valence-electron chi connectivity index (χ4n) is 1.85. The summed E-state index contributed by atoms with van der Waals surface area (Å²) in [5.74, 6) is 0.0657. The van der Waals surface area contributed by atoms with E-state index in [0.29, 0.717) is 16.0 Å². The van der Waals surface area contributed by atoms with E-state index in [1.165, 1.54) is 0 Å². The zero-order valence-electron chi connectivity index (χ0n) is 12.6. The molecule has 1 aromatic heterocycles. The Bertz CT molecular complexity index is 700. The van der Waals surface area contributed by atoms with E-state index in [1.807, 2.05) is 26.0 Å². The van der Waals surface area contributed by atoms with Crippen LogP contribution in [0.1, 0.15) is 13.8 Å². The number of halogens is 1. The normalized spacial score (nSPS) is 12.2. The van der Waals surface area contributed by atoms with Crippen molar-refractivity contribution in [2.24, 2.45) is 11.7 Å². The molecule has 0 saturated heterocycles. The van der Waals surface area contributed by atoms with Crippen molar-refractivity contribution in [2.75, 3.05) is 0 Å². The maximum absolute atomic E-state index is 12.0. The molecular formula is C15H16ClN3O3S. The number of hydrogen-bond donors (Lipinski definition) is 2. The van der Waals surface area contributed by atoms with E-state index in [2.05, 4.69) is 10.3 Å². The number of rotatable bonds is 5. The van der Waals surface area contributed by atoms with Gasteiger partial charge in [0.15, 0.2) is 5.76 Å². The summed E-state index contributed by atoms with van der Waals surface area (Å²) >= 11 is 6.99. The minimum absolute atomic E-state index is 0.0368. The van der Waals surface area contributed by atoms with Gasteiger partial charge in [-0.25, -0.2) is 9.78 Å². The molecule has 1 heterocycles. The molecule has 0 saturated carbocycles. The van der Waals surface area contributed by atoms with Gasteiger partial charge in [-0.05, 0) is 30.2 Å². The molecule has 6 nitrogen and oxygen atoms in total. The van der Waals surface area contributed by atoms with Gasteiger partial charge >= 0.3 is 6.03 Å². The number of amides is 3. The molecule has 1 atom stereocenters. The van der Waals surface area contributed by atoms with Gasteiger partial charge in [0.1, 0.15) is 0 Å². The fraction of sp³-hybridized carbons (Fsp3) is 0.267. The lowest BCUT2D eigenvalue weighted by Crippen LogP contribution is -2.42. The van der Waals surface area contributed by atoms with Crippen molar-refractivity contribution >= 4 is 35.3 Å². The maximum atomic E-state index is 12.0. The highest BCUT2D eigenvalue weighted by Crippen LogP contribution is 2.31. The average molecular weight is 354 g/mol. The van der Waals surface area contributed by atoms with Crippen LogP contribution in [0.15, 0.2) is 40.1 Å². The highest BCUT2D eigenvalue weighted by atomic mass is 35.5. The fourth-order valence-corrected chi connectivity index (χ4v) is 2.89. The Kier molecular flexibility index (Phi) is 5.68. The van der Waals surface area contributed by atoms with Crippen LogP contribution in [-0.4, -0.2) is 22.2 Å². The average Bonchev–Trinajstić information content (AvgIpc) is 2.93. The molecule has 23 heavy (non-hydrogen) atoms. The number of urea groups is 1. The minimum atomic E-state index is -0.879. The van der Waals surface area contributed by atoms with Crippen molar-refractivity contribution < 1.29 is 14.0 Å². The van der Waals surface area contributed by atoms with E-state index in [4.69, 9.17) is 21.8 Å². The number of nitrogens with zero attached hydrogens (tertiary/aromatic N) is 1. The number of nitrogens with one attached hydrogen (secondary N) is 1. The second-order valence-corrected chi connectivity index (χ2v) is 6.66. The first-order valence-corrected chi connectivity index (χ1v) is 8.11. The molecule has 0 aliphatic heterocycles. The first-order valence-electron chi connectivity index (χ1n) is 6.85. The number of imide groups is 1. The van der Waals surface area contributed by atoms with Gasteiger partial charge in [-0.2, -0.15) is 0 Å². The van der Waals surface area contributed by atoms with E-state index in [-0.39, 0.29) is 5.92 Å². The largest absolute Gasteiger partial charge is 0.431 e. The maximum Gasteiger partial charge on any atom is 0.318 e. The summed E-state index contributed by atoms with van der Waals surface area (Å²) in [6.45, 7) is 3.72. The van der Waals surface area contributed by atoms with Crippen LogP contribution in [0.2, 0.25) is 5.02 Å². The predicted molar refractivity (Wildman–Crippen MR) is 89.2 cm³/mol. The van der Waals surface area contributed by atoms with Crippen LogP contribution in [0.25, 0.3) is 11.3 Å². The number of thioether (sulfide) groups is 1. The van der Waals surface area contributed by atoms with E-state index in [1.54, 1.807) is 18.3 Å². The quantitative estimate of drug-likeness (QED) is 0.803. The molecule has 3 amide bonds. The Labute approximate surface area is 142 Å². The molecule has 0 spiro atoms. The summed E-state index contributed by atoms with van der Waals surface area (Å²) in [5, 5.41) is 2.51. The molecule has 0 fully saturated rings. The topological polar surface area (TPSA) is 98.2 Å². The third kappa shape index (κ3) is 4.74. The highest BCUT2D eigenvalue weighted by molar-refractivity contribution is 8.00. The summed E-state index contributed by atoms with van der Waals surface area (Å²) in [7, 11) is 0. The Balaban J connectivity index is 2.14. The third-order valence-corrected chi connectivity index (χ3v) is 4.61. The monoisotopic (exact) mass is 353 g/mol. The van der Waals surface area contributed by atoms with Crippen molar-refractivity contribution in [3.63, 3.8) is 0 Å². The summed E-state index contributed by atoms with van der Waals surface area (Å²) in [5.41, 5.74) is 5.82. The standard InChI is InChI=1S/C15H16ClN3O3S/c1-8(2)12(13(20)19-14(17)21)23-15-18-7-11(22-15)9-3-5-10(16)6-4-9/h3-8,12H,1-2H3,(H3,17,19,20,21)/t12-/m0/s1. The van der Waals surface area contributed by atoms with Gasteiger partial charge in [-0.1, -0.05) is 37.2 Å². The van der Waals surface area contributed by atoms with Crippen LogP contribution < -0.4 is 11.1 Å². The van der Waals surface area contributed by atoms with Gasteiger partial charge in [0, 0.05) is 10.6 Å². The van der Waals surface area contributed by atoms with Crippen molar-refractivity contribution in [3.05, 3.63) is 35.5 Å².